The van der Waals surface area contributed by atoms with E-state index >= 15 is 0 Å². The minimum atomic E-state index is 0.767. The average molecular weight is 276 g/mol. The number of aromatic amines is 1. The second-order valence-corrected chi connectivity index (χ2v) is 6.16. The van der Waals surface area contributed by atoms with Crippen molar-refractivity contribution in [1.82, 2.24) is 15.0 Å². The van der Waals surface area contributed by atoms with Crippen LogP contribution in [0.2, 0.25) is 0 Å². The molecule has 3 aliphatic rings. The van der Waals surface area contributed by atoms with E-state index in [0.29, 0.717) is 0 Å². The molecule has 1 saturated carbocycles. The molecule has 0 atom stereocenters. The van der Waals surface area contributed by atoms with E-state index in [1.54, 1.807) is 0 Å². The summed E-state index contributed by atoms with van der Waals surface area (Å²) in [5.74, 6) is 0.926. The average Bonchev–Trinajstić information content (AvgIpc) is 3.20. The number of hydrogen-bond acceptors (Lipinski definition) is 3. The zero-order valence-electron chi connectivity index (χ0n) is 11.7. The van der Waals surface area contributed by atoms with Crippen molar-refractivity contribution in [2.45, 2.75) is 18.9 Å². The Kier molecular flexibility index (Phi) is 2.19. The molecule has 4 heteroatoms. The first-order chi connectivity index (χ1) is 10.4. The molecule has 3 fully saturated rings. The number of benzene rings is 1. The zero-order valence-corrected chi connectivity index (χ0v) is 11.7. The first kappa shape index (κ1) is 11.3. The molecule has 3 aromatic rings. The summed E-state index contributed by atoms with van der Waals surface area (Å²) in [4.78, 5) is 14.8. The maximum Gasteiger partial charge on any atom is 0.156 e. The quantitative estimate of drug-likeness (QED) is 0.781. The van der Waals surface area contributed by atoms with Gasteiger partial charge in [-0.1, -0.05) is 12.1 Å². The van der Waals surface area contributed by atoms with E-state index in [1.165, 1.54) is 25.1 Å². The Labute approximate surface area is 122 Å². The third-order valence-corrected chi connectivity index (χ3v) is 4.84. The summed E-state index contributed by atoms with van der Waals surface area (Å²) in [5, 5.41) is 0. The first-order valence-electron chi connectivity index (χ1n) is 7.54. The fourth-order valence-corrected chi connectivity index (χ4v) is 3.66. The number of anilines is 1. The van der Waals surface area contributed by atoms with Crippen LogP contribution in [0.15, 0.2) is 42.7 Å². The largest absolute Gasteiger partial charge is 0.368 e. The minimum Gasteiger partial charge on any atom is -0.368 e. The van der Waals surface area contributed by atoms with Crippen molar-refractivity contribution in [3.63, 3.8) is 0 Å². The molecule has 2 aliphatic heterocycles. The summed E-state index contributed by atoms with van der Waals surface area (Å²) in [5.41, 5.74) is 5.17. The number of nitrogens with one attached hydrogen (secondary N) is 1. The van der Waals surface area contributed by atoms with Crippen molar-refractivity contribution in [2.24, 2.45) is 5.92 Å². The highest BCUT2D eigenvalue weighted by molar-refractivity contribution is 5.75. The van der Waals surface area contributed by atoms with Gasteiger partial charge >= 0.3 is 0 Å². The molecule has 2 saturated heterocycles. The smallest absolute Gasteiger partial charge is 0.156 e. The van der Waals surface area contributed by atoms with Crippen molar-refractivity contribution in [3.05, 3.63) is 42.7 Å². The Balaban J connectivity index is 1.56. The first-order valence-corrected chi connectivity index (χ1v) is 7.54. The van der Waals surface area contributed by atoms with Crippen molar-refractivity contribution in [2.75, 3.05) is 11.4 Å². The molecule has 6 rings (SSSR count). The van der Waals surface area contributed by atoms with E-state index in [-0.39, 0.29) is 0 Å². The van der Waals surface area contributed by atoms with E-state index in [4.69, 9.17) is 4.98 Å². The summed E-state index contributed by atoms with van der Waals surface area (Å²) in [6.45, 7) is 1.22. The lowest BCUT2D eigenvalue weighted by Crippen LogP contribution is -2.28. The molecule has 1 aromatic carbocycles. The lowest BCUT2D eigenvalue weighted by Gasteiger charge is -2.27. The third kappa shape index (κ3) is 1.68. The summed E-state index contributed by atoms with van der Waals surface area (Å²) in [6.07, 6.45) is 6.48. The molecule has 2 bridgehead atoms. The van der Waals surface area contributed by atoms with Gasteiger partial charge < -0.3 is 9.88 Å². The van der Waals surface area contributed by atoms with Gasteiger partial charge in [0.1, 0.15) is 5.52 Å². The standard InChI is InChI=1S/C17H16N4/c1-2-12(16-9-19-17-15(20-16)4-5-18-17)8-13(3-1)21-10-11-6-14(21)7-11/h1-5,8-9,11,14H,6-7,10H2,(H,18,19). The van der Waals surface area contributed by atoms with Crippen molar-refractivity contribution < 1.29 is 0 Å². The molecular weight excluding hydrogens is 260 g/mol. The Morgan fingerprint density at radius 3 is 3.00 bits per heavy atom. The third-order valence-electron chi connectivity index (χ3n) is 4.84. The minimum absolute atomic E-state index is 0.767. The van der Waals surface area contributed by atoms with Crippen LogP contribution >= 0.6 is 0 Å². The SMILES string of the molecule is c1cc(-c2cnc3[nH]ccc3n2)cc(N2CC3CC2C3)c1. The van der Waals surface area contributed by atoms with Gasteiger partial charge in [-0.2, -0.15) is 0 Å². The van der Waals surface area contributed by atoms with Gasteiger partial charge in [0.05, 0.1) is 11.9 Å². The van der Waals surface area contributed by atoms with Crippen LogP contribution in [0.25, 0.3) is 22.4 Å². The molecule has 4 heterocycles. The van der Waals surface area contributed by atoms with Crippen LogP contribution in [-0.4, -0.2) is 27.5 Å². The van der Waals surface area contributed by atoms with Gasteiger partial charge in [0, 0.05) is 30.0 Å². The Morgan fingerprint density at radius 2 is 2.14 bits per heavy atom. The summed E-state index contributed by atoms with van der Waals surface area (Å²) >= 11 is 0. The topological polar surface area (TPSA) is 44.8 Å². The monoisotopic (exact) mass is 276 g/mol. The Bertz CT molecular complexity index is 816. The highest BCUT2D eigenvalue weighted by atomic mass is 15.2. The van der Waals surface area contributed by atoms with E-state index in [0.717, 1.165) is 34.4 Å². The molecule has 1 N–H and O–H groups in total. The van der Waals surface area contributed by atoms with E-state index in [1.807, 2.05) is 18.5 Å². The fourth-order valence-electron chi connectivity index (χ4n) is 3.66. The Morgan fingerprint density at radius 1 is 1.19 bits per heavy atom. The van der Waals surface area contributed by atoms with Crippen LogP contribution in [0, 0.1) is 5.92 Å². The van der Waals surface area contributed by atoms with E-state index in [9.17, 15) is 0 Å². The van der Waals surface area contributed by atoms with Crippen molar-refractivity contribution in [1.29, 1.82) is 0 Å². The Hall–Kier alpha value is -2.36. The molecule has 104 valence electrons. The number of nitrogens with zero attached hydrogens (tertiary/aromatic N) is 3. The second-order valence-electron chi connectivity index (χ2n) is 6.16. The lowest BCUT2D eigenvalue weighted by molar-refractivity contribution is 0.381. The van der Waals surface area contributed by atoms with Crippen LogP contribution in [0.4, 0.5) is 5.69 Å². The molecule has 4 nitrogen and oxygen atoms in total. The molecule has 0 unspecified atom stereocenters. The summed E-state index contributed by atoms with van der Waals surface area (Å²) in [6, 6.07) is 11.4. The predicted molar refractivity (Wildman–Crippen MR) is 83.2 cm³/mol. The molecule has 0 amide bonds. The van der Waals surface area contributed by atoms with Gasteiger partial charge in [-0.05, 0) is 37.0 Å². The maximum absolute atomic E-state index is 4.69. The highest BCUT2D eigenvalue weighted by Crippen LogP contribution is 2.43. The van der Waals surface area contributed by atoms with Crippen LogP contribution in [0.5, 0.6) is 0 Å². The van der Waals surface area contributed by atoms with Gasteiger partial charge in [-0.25, -0.2) is 9.97 Å². The molecular formula is C17H16N4. The number of rotatable bonds is 2. The maximum atomic E-state index is 4.69. The summed E-state index contributed by atoms with van der Waals surface area (Å²) < 4.78 is 0. The number of H-pyrrole nitrogens is 1. The van der Waals surface area contributed by atoms with Gasteiger partial charge in [0.25, 0.3) is 0 Å². The predicted octanol–water partition coefficient (Wildman–Crippen LogP) is 3.22. The number of hydrogen-bond donors (Lipinski definition) is 1. The van der Waals surface area contributed by atoms with Crippen LogP contribution in [0.1, 0.15) is 12.8 Å². The van der Waals surface area contributed by atoms with Crippen LogP contribution in [-0.2, 0) is 0 Å². The van der Waals surface area contributed by atoms with Crippen molar-refractivity contribution in [3.8, 4) is 11.3 Å². The normalized spacial score (nSPS) is 23.5. The second kappa shape index (κ2) is 4.07. The zero-order chi connectivity index (χ0) is 13.8. The van der Waals surface area contributed by atoms with E-state index in [2.05, 4.69) is 39.1 Å². The van der Waals surface area contributed by atoms with Gasteiger partial charge in [0.2, 0.25) is 0 Å². The number of fused-ring (bicyclic) bond motifs is 2. The molecule has 21 heavy (non-hydrogen) atoms. The lowest BCUT2D eigenvalue weighted by atomic mass is 9.86. The number of aromatic nitrogens is 3. The van der Waals surface area contributed by atoms with Crippen LogP contribution < -0.4 is 4.90 Å². The summed E-state index contributed by atoms with van der Waals surface area (Å²) in [7, 11) is 0. The van der Waals surface area contributed by atoms with E-state index < -0.39 is 0 Å². The van der Waals surface area contributed by atoms with Gasteiger partial charge in [-0.3, -0.25) is 0 Å². The highest BCUT2D eigenvalue weighted by Gasteiger charge is 2.42. The van der Waals surface area contributed by atoms with Crippen LogP contribution in [0.3, 0.4) is 0 Å². The van der Waals surface area contributed by atoms with Crippen molar-refractivity contribution >= 4 is 16.9 Å². The molecule has 2 aromatic heterocycles. The molecule has 0 spiro atoms. The van der Waals surface area contributed by atoms with Gasteiger partial charge in [-0.15, -0.1) is 0 Å². The molecule has 0 radical (unpaired) electrons. The van der Waals surface area contributed by atoms with Gasteiger partial charge in [0.15, 0.2) is 5.65 Å². The fraction of sp³-hybridized carbons (Fsp3) is 0.294. The molecule has 1 aliphatic carbocycles.